The van der Waals surface area contributed by atoms with E-state index in [4.69, 9.17) is 5.73 Å². The molecule has 0 saturated heterocycles. The Balaban J connectivity index is 1.93. The van der Waals surface area contributed by atoms with Crippen LogP contribution in [0, 0.1) is 17.6 Å². The number of hydrogen-bond acceptors (Lipinski definition) is 2. The molecule has 0 aliphatic heterocycles. The van der Waals surface area contributed by atoms with Gasteiger partial charge in [0.15, 0.2) is 0 Å². The van der Waals surface area contributed by atoms with Crippen LogP contribution >= 0.6 is 0 Å². The summed E-state index contributed by atoms with van der Waals surface area (Å²) in [5, 5.41) is 2.63. The van der Waals surface area contributed by atoms with Crippen molar-refractivity contribution in [2.75, 3.05) is 6.54 Å². The maximum absolute atomic E-state index is 13.3. The van der Waals surface area contributed by atoms with Crippen molar-refractivity contribution in [2.24, 2.45) is 11.7 Å². The molecule has 3 nitrogen and oxygen atoms in total. The summed E-state index contributed by atoms with van der Waals surface area (Å²) < 4.78 is 26.3. The molecule has 0 aromatic heterocycles. The first-order valence-corrected chi connectivity index (χ1v) is 6.05. The number of halogens is 2. The highest BCUT2D eigenvalue weighted by Gasteiger charge is 2.22. The summed E-state index contributed by atoms with van der Waals surface area (Å²) in [5.74, 6) is -1.57. The van der Waals surface area contributed by atoms with Crippen LogP contribution in [0.4, 0.5) is 8.78 Å². The molecule has 1 aromatic carbocycles. The van der Waals surface area contributed by atoms with Gasteiger partial charge in [0.25, 0.3) is 5.91 Å². The highest BCUT2D eigenvalue weighted by atomic mass is 19.1. The lowest BCUT2D eigenvalue weighted by molar-refractivity contribution is 0.0942. The maximum atomic E-state index is 13.3. The third-order valence-electron chi connectivity index (χ3n) is 3.31. The van der Waals surface area contributed by atoms with Gasteiger partial charge >= 0.3 is 0 Å². The van der Waals surface area contributed by atoms with Crippen LogP contribution in [0.5, 0.6) is 0 Å². The monoisotopic (exact) mass is 254 g/mol. The van der Waals surface area contributed by atoms with Crippen molar-refractivity contribution in [3.05, 3.63) is 35.4 Å². The Kier molecular flexibility index (Phi) is 3.91. The van der Waals surface area contributed by atoms with Gasteiger partial charge in [-0.05, 0) is 43.4 Å². The molecule has 1 aromatic rings. The Morgan fingerprint density at radius 1 is 1.39 bits per heavy atom. The van der Waals surface area contributed by atoms with E-state index >= 15 is 0 Å². The minimum Gasteiger partial charge on any atom is -0.352 e. The van der Waals surface area contributed by atoms with Gasteiger partial charge in [-0.15, -0.1) is 0 Å². The van der Waals surface area contributed by atoms with Crippen LogP contribution in [-0.2, 0) is 0 Å². The molecule has 1 fully saturated rings. The summed E-state index contributed by atoms with van der Waals surface area (Å²) in [4.78, 5) is 11.7. The molecule has 3 N–H and O–H groups in total. The number of nitrogens with two attached hydrogens (primary N) is 1. The molecular weight excluding hydrogens is 238 g/mol. The number of nitrogens with one attached hydrogen (secondary N) is 1. The summed E-state index contributed by atoms with van der Waals surface area (Å²) in [5.41, 5.74) is 5.51. The molecule has 2 unspecified atom stereocenters. The number of hydrogen-bond donors (Lipinski definition) is 2. The summed E-state index contributed by atoms with van der Waals surface area (Å²) >= 11 is 0. The molecule has 0 spiro atoms. The molecule has 0 radical (unpaired) electrons. The molecule has 1 saturated carbocycles. The fourth-order valence-electron chi connectivity index (χ4n) is 2.30. The van der Waals surface area contributed by atoms with E-state index in [0.717, 1.165) is 37.5 Å². The highest BCUT2D eigenvalue weighted by Crippen LogP contribution is 2.23. The Hall–Kier alpha value is -1.49. The lowest BCUT2D eigenvalue weighted by Crippen LogP contribution is -2.29. The number of carbonyl (C=O) groups excluding carboxylic acids is 1. The van der Waals surface area contributed by atoms with Crippen LogP contribution in [0.2, 0.25) is 0 Å². The van der Waals surface area contributed by atoms with Crippen molar-refractivity contribution in [1.82, 2.24) is 5.32 Å². The second-order valence-corrected chi connectivity index (χ2v) is 4.77. The number of benzene rings is 1. The largest absolute Gasteiger partial charge is 0.352 e. The van der Waals surface area contributed by atoms with Gasteiger partial charge in [0, 0.05) is 12.6 Å². The van der Waals surface area contributed by atoms with Crippen LogP contribution in [0.1, 0.15) is 29.6 Å². The summed E-state index contributed by atoms with van der Waals surface area (Å²) in [6, 6.07) is 3.04. The smallest absolute Gasteiger partial charge is 0.254 e. The van der Waals surface area contributed by atoms with E-state index in [9.17, 15) is 13.6 Å². The molecule has 0 heterocycles. The molecule has 2 rings (SSSR count). The summed E-state index contributed by atoms with van der Waals surface area (Å²) in [6.07, 6.45) is 2.79. The normalized spacial score (nSPS) is 23.1. The first-order valence-electron chi connectivity index (χ1n) is 6.05. The minimum atomic E-state index is -0.711. The Labute approximate surface area is 104 Å². The van der Waals surface area contributed by atoms with Gasteiger partial charge < -0.3 is 11.1 Å². The van der Waals surface area contributed by atoms with Gasteiger partial charge in [-0.3, -0.25) is 4.79 Å². The first kappa shape index (κ1) is 13.0. The lowest BCUT2D eigenvalue weighted by atomic mass is 10.1. The molecule has 98 valence electrons. The average Bonchev–Trinajstić information content (AvgIpc) is 2.75. The SMILES string of the molecule is NC1CCC(CNC(=O)c2cc(F)ccc2F)C1. The molecular formula is C13H16F2N2O. The van der Waals surface area contributed by atoms with E-state index in [1.54, 1.807) is 0 Å². The highest BCUT2D eigenvalue weighted by molar-refractivity contribution is 5.94. The first-order chi connectivity index (χ1) is 8.56. The van der Waals surface area contributed by atoms with Crippen molar-refractivity contribution in [2.45, 2.75) is 25.3 Å². The van der Waals surface area contributed by atoms with E-state index in [1.165, 1.54) is 0 Å². The molecule has 18 heavy (non-hydrogen) atoms. The zero-order valence-electron chi connectivity index (χ0n) is 9.96. The topological polar surface area (TPSA) is 55.1 Å². The molecule has 1 aliphatic rings. The second-order valence-electron chi connectivity index (χ2n) is 4.77. The van der Waals surface area contributed by atoms with Crippen molar-refractivity contribution in [3.8, 4) is 0 Å². The third-order valence-corrected chi connectivity index (χ3v) is 3.31. The van der Waals surface area contributed by atoms with Gasteiger partial charge in [0.05, 0.1) is 5.56 Å². The standard InChI is InChI=1S/C13H16F2N2O/c14-9-2-4-12(15)11(6-9)13(18)17-7-8-1-3-10(16)5-8/h2,4,6,8,10H,1,3,5,7,16H2,(H,17,18). The fraction of sp³-hybridized carbons (Fsp3) is 0.462. The minimum absolute atomic E-state index is 0.192. The van der Waals surface area contributed by atoms with Gasteiger partial charge in [-0.25, -0.2) is 8.78 Å². The average molecular weight is 254 g/mol. The number of amides is 1. The van der Waals surface area contributed by atoms with Crippen LogP contribution in [0.3, 0.4) is 0 Å². The quantitative estimate of drug-likeness (QED) is 0.864. The van der Waals surface area contributed by atoms with E-state index < -0.39 is 17.5 Å². The van der Waals surface area contributed by atoms with E-state index in [-0.39, 0.29) is 11.6 Å². The van der Waals surface area contributed by atoms with Gasteiger partial charge in [0.1, 0.15) is 11.6 Å². The van der Waals surface area contributed by atoms with Crippen LogP contribution in [0.15, 0.2) is 18.2 Å². The Bertz CT molecular complexity index is 451. The predicted molar refractivity (Wildman–Crippen MR) is 64.0 cm³/mol. The molecule has 2 atom stereocenters. The van der Waals surface area contributed by atoms with Crippen LogP contribution in [-0.4, -0.2) is 18.5 Å². The van der Waals surface area contributed by atoms with E-state index in [2.05, 4.69) is 5.32 Å². The maximum Gasteiger partial charge on any atom is 0.254 e. The molecule has 1 amide bonds. The predicted octanol–water partition coefficient (Wildman–Crippen LogP) is 1.82. The van der Waals surface area contributed by atoms with Crippen molar-refractivity contribution in [1.29, 1.82) is 0 Å². The Morgan fingerprint density at radius 2 is 2.17 bits per heavy atom. The van der Waals surface area contributed by atoms with Crippen molar-refractivity contribution < 1.29 is 13.6 Å². The van der Waals surface area contributed by atoms with Gasteiger partial charge in [-0.2, -0.15) is 0 Å². The lowest BCUT2D eigenvalue weighted by Gasteiger charge is -2.11. The fourth-order valence-corrected chi connectivity index (χ4v) is 2.30. The summed E-state index contributed by atoms with van der Waals surface area (Å²) in [6.45, 7) is 0.461. The zero-order chi connectivity index (χ0) is 13.1. The number of carbonyl (C=O) groups is 1. The van der Waals surface area contributed by atoms with Crippen molar-refractivity contribution in [3.63, 3.8) is 0 Å². The Morgan fingerprint density at radius 3 is 2.83 bits per heavy atom. The van der Waals surface area contributed by atoms with Crippen molar-refractivity contribution >= 4 is 5.91 Å². The second kappa shape index (κ2) is 5.44. The van der Waals surface area contributed by atoms with Gasteiger partial charge in [0.2, 0.25) is 0 Å². The van der Waals surface area contributed by atoms with Gasteiger partial charge in [-0.1, -0.05) is 0 Å². The molecule has 1 aliphatic carbocycles. The molecule has 0 bridgehead atoms. The number of rotatable bonds is 3. The summed E-state index contributed by atoms with van der Waals surface area (Å²) in [7, 11) is 0. The zero-order valence-corrected chi connectivity index (χ0v) is 9.96. The van der Waals surface area contributed by atoms with Crippen LogP contribution in [0.25, 0.3) is 0 Å². The molecule has 5 heteroatoms. The van der Waals surface area contributed by atoms with E-state index in [1.807, 2.05) is 0 Å². The van der Waals surface area contributed by atoms with Crippen LogP contribution < -0.4 is 11.1 Å². The van der Waals surface area contributed by atoms with E-state index in [0.29, 0.717) is 12.5 Å². The third kappa shape index (κ3) is 3.04.